The number of aromatic nitrogens is 2. The monoisotopic (exact) mass is 358 g/mol. The number of carbonyl (C=O) groups excluding carboxylic acids is 1. The van der Waals surface area contributed by atoms with Crippen molar-refractivity contribution in [3.63, 3.8) is 0 Å². The van der Waals surface area contributed by atoms with Crippen LogP contribution in [0.2, 0.25) is 0 Å². The van der Waals surface area contributed by atoms with Crippen LogP contribution in [0.4, 0.5) is 5.13 Å². The number of carbonyl (C=O) groups is 1. The first kappa shape index (κ1) is 16.9. The van der Waals surface area contributed by atoms with E-state index in [0.29, 0.717) is 11.8 Å². The summed E-state index contributed by atoms with van der Waals surface area (Å²) in [6.45, 7) is 6.07. The molecule has 0 radical (unpaired) electrons. The van der Waals surface area contributed by atoms with E-state index in [4.69, 9.17) is 4.74 Å². The Bertz CT molecular complexity index is 503. The molecule has 0 unspecified atom stereocenters. The number of thioether (sulfide) groups is 1. The average Bonchev–Trinajstić information content (AvgIpc) is 3.26. The van der Waals surface area contributed by atoms with E-state index in [9.17, 15) is 4.79 Å². The molecule has 23 heavy (non-hydrogen) atoms. The Morgan fingerprint density at radius 3 is 2.96 bits per heavy atom. The van der Waals surface area contributed by atoms with Crippen LogP contribution in [0.15, 0.2) is 4.34 Å². The van der Waals surface area contributed by atoms with Gasteiger partial charge in [-0.1, -0.05) is 23.1 Å². The van der Waals surface area contributed by atoms with Crippen LogP contribution in [0.5, 0.6) is 0 Å². The summed E-state index contributed by atoms with van der Waals surface area (Å²) in [4.78, 5) is 13.3. The highest BCUT2D eigenvalue weighted by Crippen LogP contribution is 2.25. The molecule has 0 bridgehead atoms. The van der Waals surface area contributed by atoms with Gasteiger partial charge in [0, 0.05) is 19.0 Å². The van der Waals surface area contributed by atoms with E-state index >= 15 is 0 Å². The lowest BCUT2D eigenvalue weighted by molar-refractivity contribution is -0.908. The predicted octanol–water partition coefficient (Wildman–Crippen LogP) is -0.374. The van der Waals surface area contributed by atoms with Crippen molar-refractivity contribution in [2.45, 2.75) is 29.6 Å². The molecule has 1 saturated carbocycles. The van der Waals surface area contributed by atoms with Crippen molar-refractivity contribution in [1.82, 2.24) is 15.5 Å². The van der Waals surface area contributed by atoms with Crippen LogP contribution >= 0.6 is 23.1 Å². The first-order valence-corrected chi connectivity index (χ1v) is 10.0. The second-order valence-corrected chi connectivity index (χ2v) is 8.10. The summed E-state index contributed by atoms with van der Waals surface area (Å²) in [7, 11) is 0. The molecule has 1 aliphatic carbocycles. The molecule has 1 saturated heterocycles. The average molecular weight is 359 g/mol. The third kappa shape index (κ3) is 6.25. The van der Waals surface area contributed by atoms with Crippen LogP contribution in [0.25, 0.3) is 0 Å². The van der Waals surface area contributed by atoms with Crippen molar-refractivity contribution in [3.05, 3.63) is 0 Å². The summed E-state index contributed by atoms with van der Waals surface area (Å²) in [6.07, 6.45) is 3.35. The van der Waals surface area contributed by atoms with Gasteiger partial charge in [0.1, 0.15) is 13.1 Å². The van der Waals surface area contributed by atoms with Crippen molar-refractivity contribution in [2.75, 3.05) is 50.5 Å². The molecule has 1 amide bonds. The van der Waals surface area contributed by atoms with E-state index in [2.05, 4.69) is 20.8 Å². The van der Waals surface area contributed by atoms with Gasteiger partial charge in [-0.15, -0.1) is 10.2 Å². The molecule has 0 aromatic carbocycles. The molecule has 2 fully saturated rings. The minimum Gasteiger partial charge on any atom is -0.370 e. The zero-order valence-electron chi connectivity index (χ0n) is 13.2. The minimum absolute atomic E-state index is 0.0932. The summed E-state index contributed by atoms with van der Waals surface area (Å²) < 4.78 is 6.20. The highest BCUT2D eigenvalue weighted by Gasteiger charge is 2.23. The van der Waals surface area contributed by atoms with Crippen molar-refractivity contribution in [3.8, 4) is 0 Å². The molecule has 3 N–H and O–H groups in total. The van der Waals surface area contributed by atoms with Crippen LogP contribution in [0, 0.1) is 0 Å². The molecular formula is C14H24N5O2S2+. The predicted molar refractivity (Wildman–Crippen MR) is 91.3 cm³/mol. The lowest BCUT2D eigenvalue weighted by Crippen LogP contribution is -3.14. The van der Waals surface area contributed by atoms with E-state index in [0.717, 1.165) is 68.1 Å². The zero-order chi connectivity index (χ0) is 15.9. The smallest absolute Gasteiger partial charge is 0.230 e. The molecule has 128 valence electrons. The Kier molecular flexibility index (Phi) is 6.49. The SMILES string of the molecule is O=C(CSc1nnc(NCCC[NH+]2CCOCC2)s1)NC1CC1. The van der Waals surface area contributed by atoms with Gasteiger partial charge in [-0.2, -0.15) is 0 Å². The second kappa shape index (κ2) is 8.81. The van der Waals surface area contributed by atoms with Crippen LogP contribution in [-0.4, -0.2) is 67.3 Å². The Hall–Kier alpha value is -0.900. The van der Waals surface area contributed by atoms with Gasteiger partial charge in [-0.25, -0.2) is 0 Å². The largest absolute Gasteiger partial charge is 0.370 e. The van der Waals surface area contributed by atoms with E-state index in [1.54, 1.807) is 4.90 Å². The van der Waals surface area contributed by atoms with Crippen molar-refractivity contribution in [1.29, 1.82) is 0 Å². The number of amides is 1. The number of hydrogen-bond acceptors (Lipinski definition) is 7. The van der Waals surface area contributed by atoms with Gasteiger partial charge < -0.3 is 20.3 Å². The molecule has 0 atom stereocenters. The molecule has 9 heteroatoms. The maximum atomic E-state index is 11.6. The molecule has 2 heterocycles. The number of nitrogens with one attached hydrogen (secondary N) is 3. The van der Waals surface area contributed by atoms with Gasteiger partial charge >= 0.3 is 0 Å². The number of morpholine rings is 1. The van der Waals surface area contributed by atoms with Crippen molar-refractivity contribution in [2.24, 2.45) is 0 Å². The van der Waals surface area contributed by atoms with Gasteiger partial charge in [0.2, 0.25) is 11.0 Å². The lowest BCUT2D eigenvalue weighted by atomic mass is 10.3. The quantitative estimate of drug-likeness (QED) is 0.413. The van der Waals surface area contributed by atoms with Gasteiger partial charge in [0.25, 0.3) is 0 Å². The van der Waals surface area contributed by atoms with Gasteiger partial charge in [0.15, 0.2) is 4.34 Å². The number of quaternary nitrogens is 1. The Labute approximate surface area is 144 Å². The summed E-state index contributed by atoms with van der Waals surface area (Å²) in [5, 5.41) is 15.4. The third-order valence-electron chi connectivity index (χ3n) is 3.86. The van der Waals surface area contributed by atoms with Crippen LogP contribution in [0.3, 0.4) is 0 Å². The van der Waals surface area contributed by atoms with Crippen LogP contribution < -0.4 is 15.5 Å². The summed E-state index contributed by atoms with van der Waals surface area (Å²) >= 11 is 2.97. The first-order valence-electron chi connectivity index (χ1n) is 8.20. The Balaban J connectivity index is 1.28. The number of rotatable bonds is 9. The Morgan fingerprint density at radius 2 is 2.17 bits per heavy atom. The van der Waals surface area contributed by atoms with E-state index in [1.165, 1.54) is 23.1 Å². The van der Waals surface area contributed by atoms with Crippen molar-refractivity contribution < 1.29 is 14.4 Å². The molecule has 1 aromatic rings. The summed E-state index contributed by atoms with van der Waals surface area (Å²) in [5.74, 6) is 0.515. The lowest BCUT2D eigenvalue weighted by Gasteiger charge is -2.23. The fourth-order valence-corrected chi connectivity index (χ4v) is 4.00. The molecule has 2 aliphatic rings. The topological polar surface area (TPSA) is 80.6 Å². The second-order valence-electron chi connectivity index (χ2n) is 5.90. The van der Waals surface area contributed by atoms with E-state index in [-0.39, 0.29) is 5.91 Å². The maximum Gasteiger partial charge on any atom is 0.230 e. The van der Waals surface area contributed by atoms with Crippen molar-refractivity contribution >= 4 is 34.1 Å². The normalized spacial score (nSPS) is 18.8. The highest BCUT2D eigenvalue weighted by atomic mass is 32.2. The molecule has 1 aromatic heterocycles. The zero-order valence-corrected chi connectivity index (χ0v) is 14.8. The standard InChI is InChI=1S/C14H23N5O2S2/c20-12(16-11-2-3-11)10-22-14-18-17-13(23-14)15-4-1-5-19-6-8-21-9-7-19/h11H,1-10H2,(H,15,17)(H,16,20)/p+1. The highest BCUT2D eigenvalue weighted by molar-refractivity contribution is 8.01. The van der Waals surface area contributed by atoms with Crippen LogP contribution in [0.1, 0.15) is 19.3 Å². The molecule has 7 nitrogen and oxygen atoms in total. The number of ether oxygens (including phenoxy) is 1. The molecular weight excluding hydrogens is 334 g/mol. The number of anilines is 1. The number of hydrogen-bond donors (Lipinski definition) is 3. The number of nitrogens with zero attached hydrogens (tertiary/aromatic N) is 2. The van der Waals surface area contributed by atoms with Crippen LogP contribution in [-0.2, 0) is 9.53 Å². The summed E-state index contributed by atoms with van der Waals surface area (Å²) in [6, 6.07) is 0.420. The molecule has 1 aliphatic heterocycles. The molecule has 3 rings (SSSR count). The van der Waals surface area contributed by atoms with E-state index in [1.807, 2.05) is 0 Å². The third-order valence-corrected chi connectivity index (χ3v) is 5.87. The fraction of sp³-hybridized carbons (Fsp3) is 0.786. The fourth-order valence-electron chi connectivity index (χ4n) is 2.41. The van der Waals surface area contributed by atoms with E-state index < -0.39 is 0 Å². The molecule has 0 spiro atoms. The minimum atomic E-state index is 0.0932. The first-order chi connectivity index (χ1) is 11.3. The summed E-state index contributed by atoms with van der Waals surface area (Å²) in [5.41, 5.74) is 0. The maximum absolute atomic E-state index is 11.6. The van der Waals surface area contributed by atoms with Gasteiger partial charge in [-0.05, 0) is 12.8 Å². The Morgan fingerprint density at radius 1 is 1.35 bits per heavy atom. The van der Waals surface area contributed by atoms with Gasteiger partial charge in [0.05, 0.1) is 25.5 Å². The van der Waals surface area contributed by atoms with Gasteiger partial charge in [-0.3, -0.25) is 4.79 Å².